The minimum absolute atomic E-state index is 0.0554. The number of aromatic nitrogens is 1. The third-order valence-electron chi connectivity index (χ3n) is 4.85. The number of aryl methyl sites for hydroxylation is 1. The van der Waals surface area contributed by atoms with Gasteiger partial charge >= 0.3 is 5.97 Å². The fraction of sp³-hybridized carbons (Fsp3) is 0.350. The van der Waals surface area contributed by atoms with Crippen molar-refractivity contribution < 1.29 is 32.3 Å². The van der Waals surface area contributed by atoms with Crippen molar-refractivity contribution >= 4 is 27.8 Å². The maximum Gasteiger partial charge on any atom is 0.338 e. The maximum absolute atomic E-state index is 12.9. The summed E-state index contributed by atoms with van der Waals surface area (Å²) in [7, 11) is -0.852. The Balaban J connectivity index is 1.68. The van der Waals surface area contributed by atoms with E-state index in [9.17, 15) is 22.8 Å². The van der Waals surface area contributed by atoms with Gasteiger partial charge in [0.05, 0.1) is 12.7 Å². The van der Waals surface area contributed by atoms with Gasteiger partial charge < -0.3 is 14.0 Å². The summed E-state index contributed by atoms with van der Waals surface area (Å²) in [6.07, 6.45) is 3.18. The van der Waals surface area contributed by atoms with Gasteiger partial charge in [0.25, 0.3) is 11.8 Å². The van der Waals surface area contributed by atoms with E-state index in [0.717, 1.165) is 12.8 Å². The molecule has 0 bridgehead atoms. The number of imide groups is 1. The molecule has 0 atom stereocenters. The van der Waals surface area contributed by atoms with E-state index in [1.165, 1.54) is 40.2 Å². The Labute approximate surface area is 179 Å². The molecule has 2 heterocycles. The molecular weight excluding hydrogens is 426 g/mol. The summed E-state index contributed by atoms with van der Waals surface area (Å²) < 4.78 is 38.8. The second-order valence-electron chi connectivity index (χ2n) is 6.93. The number of amides is 2. The van der Waals surface area contributed by atoms with E-state index < -0.39 is 34.4 Å². The molecule has 0 saturated carbocycles. The van der Waals surface area contributed by atoms with Crippen LogP contribution in [0.4, 0.5) is 0 Å². The van der Waals surface area contributed by atoms with Crippen LogP contribution in [-0.2, 0) is 26.6 Å². The highest BCUT2D eigenvalue weighted by Crippen LogP contribution is 2.30. The molecule has 3 rings (SSSR count). The number of nitrogens with one attached hydrogen (secondary N) is 1. The number of esters is 1. The smallest absolute Gasteiger partial charge is 0.338 e. The standard InChI is InChI=1S/C20H23N3O7S/c1-22-9-5-6-15(22)19(25)21-18(24)13-30-20(26)14-7-8-16(29-2)17(12-14)31(27,28)23-10-3-4-11-23/h5-9,12H,3-4,10-11,13H2,1-2H3,(H,21,24,25). The van der Waals surface area contributed by atoms with E-state index >= 15 is 0 Å². The summed E-state index contributed by atoms with van der Waals surface area (Å²) in [4.78, 5) is 36.2. The molecule has 2 aromatic rings. The zero-order chi connectivity index (χ0) is 22.6. The van der Waals surface area contributed by atoms with Crippen molar-refractivity contribution in [3.8, 4) is 5.75 Å². The van der Waals surface area contributed by atoms with Crippen molar-refractivity contribution in [2.24, 2.45) is 7.05 Å². The molecule has 166 valence electrons. The Bertz CT molecular complexity index is 1100. The highest BCUT2D eigenvalue weighted by molar-refractivity contribution is 7.89. The lowest BCUT2D eigenvalue weighted by molar-refractivity contribution is -0.123. The average Bonchev–Trinajstić information content (AvgIpc) is 3.43. The first-order valence-electron chi connectivity index (χ1n) is 9.55. The van der Waals surface area contributed by atoms with Crippen LogP contribution in [0.3, 0.4) is 0 Å². The normalized spacial score (nSPS) is 14.3. The highest BCUT2D eigenvalue weighted by Gasteiger charge is 2.31. The second-order valence-corrected chi connectivity index (χ2v) is 8.84. The first kappa shape index (κ1) is 22.5. The Morgan fingerprint density at radius 3 is 2.45 bits per heavy atom. The van der Waals surface area contributed by atoms with Crippen LogP contribution in [0, 0.1) is 0 Å². The number of hydrogen-bond donors (Lipinski definition) is 1. The molecule has 1 fully saturated rings. The molecule has 1 aromatic heterocycles. The van der Waals surface area contributed by atoms with Crippen molar-refractivity contribution in [3.05, 3.63) is 47.8 Å². The molecule has 10 nitrogen and oxygen atoms in total. The van der Waals surface area contributed by atoms with Crippen LogP contribution in [0.15, 0.2) is 41.4 Å². The van der Waals surface area contributed by atoms with E-state index in [0.29, 0.717) is 13.1 Å². The SMILES string of the molecule is COc1ccc(C(=O)OCC(=O)NC(=O)c2cccn2C)cc1S(=O)(=O)N1CCCC1. The zero-order valence-electron chi connectivity index (χ0n) is 17.2. The van der Waals surface area contributed by atoms with Gasteiger partial charge in [0.2, 0.25) is 10.0 Å². The summed E-state index contributed by atoms with van der Waals surface area (Å²) in [5, 5.41) is 2.12. The van der Waals surface area contributed by atoms with E-state index in [1.54, 1.807) is 19.3 Å². The van der Waals surface area contributed by atoms with Gasteiger partial charge in [-0.15, -0.1) is 0 Å². The van der Waals surface area contributed by atoms with Gasteiger partial charge in [0, 0.05) is 26.3 Å². The summed E-state index contributed by atoms with van der Waals surface area (Å²) in [5.74, 6) is -2.23. The number of hydrogen-bond acceptors (Lipinski definition) is 7. The molecule has 1 aliphatic heterocycles. The molecule has 1 aliphatic rings. The van der Waals surface area contributed by atoms with Gasteiger partial charge in [-0.25, -0.2) is 13.2 Å². The minimum atomic E-state index is -3.84. The fourth-order valence-corrected chi connectivity index (χ4v) is 4.91. The largest absolute Gasteiger partial charge is 0.495 e. The van der Waals surface area contributed by atoms with Gasteiger partial charge in [-0.05, 0) is 43.2 Å². The number of carbonyl (C=O) groups is 3. The number of benzene rings is 1. The third kappa shape index (κ3) is 4.94. The number of methoxy groups -OCH3 is 1. The van der Waals surface area contributed by atoms with Crippen molar-refractivity contribution in [3.63, 3.8) is 0 Å². The number of sulfonamides is 1. The first-order chi connectivity index (χ1) is 14.7. The van der Waals surface area contributed by atoms with E-state index in [4.69, 9.17) is 9.47 Å². The van der Waals surface area contributed by atoms with Gasteiger partial charge in [0.1, 0.15) is 16.3 Å². The third-order valence-corrected chi connectivity index (χ3v) is 6.77. The molecule has 1 saturated heterocycles. The highest BCUT2D eigenvalue weighted by atomic mass is 32.2. The van der Waals surface area contributed by atoms with Crippen LogP contribution in [0.2, 0.25) is 0 Å². The quantitative estimate of drug-likeness (QED) is 0.624. The van der Waals surface area contributed by atoms with E-state index in [2.05, 4.69) is 5.32 Å². The van der Waals surface area contributed by atoms with Crippen LogP contribution in [0.25, 0.3) is 0 Å². The van der Waals surface area contributed by atoms with Crippen LogP contribution in [0.5, 0.6) is 5.75 Å². The fourth-order valence-electron chi connectivity index (χ4n) is 3.21. The molecule has 0 spiro atoms. The minimum Gasteiger partial charge on any atom is -0.495 e. The van der Waals surface area contributed by atoms with Crippen molar-refractivity contribution in [2.45, 2.75) is 17.7 Å². The zero-order valence-corrected chi connectivity index (χ0v) is 18.0. The number of rotatable bonds is 7. The maximum atomic E-state index is 12.9. The van der Waals surface area contributed by atoms with Crippen LogP contribution in [-0.4, -0.2) is 61.9 Å². The monoisotopic (exact) mass is 449 g/mol. The summed E-state index contributed by atoms with van der Waals surface area (Å²) in [6.45, 7) is 0.0975. The van der Waals surface area contributed by atoms with Crippen molar-refractivity contribution in [1.29, 1.82) is 0 Å². The number of carbonyl (C=O) groups excluding carboxylic acids is 3. The van der Waals surface area contributed by atoms with Gasteiger partial charge in [-0.2, -0.15) is 4.31 Å². The van der Waals surface area contributed by atoms with Crippen molar-refractivity contribution in [1.82, 2.24) is 14.2 Å². The topological polar surface area (TPSA) is 124 Å². The Hall–Kier alpha value is -3.18. The lowest BCUT2D eigenvalue weighted by Gasteiger charge is -2.18. The number of ether oxygens (including phenoxy) is 2. The van der Waals surface area contributed by atoms with Gasteiger partial charge in [-0.1, -0.05) is 0 Å². The van der Waals surface area contributed by atoms with Crippen molar-refractivity contribution in [2.75, 3.05) is 26.8 Å². The van der Waals surface area contributed by atoms with Gasteiger partial charge in [-0.3, -0.25) is 14.9 Å². The molecule has 11 heteroatoms. The summed E-state index contributed by atoms with van der Waals surface area (Å²) in [6, 6.07) is 7.06. The Morgan fingerprint density at radius 2 is 1.84 bits per heavy atom. The molecule has 1 aromatic carbocycles. The summed E-state index contributed by atoms with van der Waals surface area (Å²) in [5.41, 5.74) is 0.215. The van der Waals surface area contributed by atoms with Crippen LogP contribution in [0.1, 0.15) is 33.7 Å². The lowest BCUT2D eigenvalue weighted by atomic mass is 10.2. The van der Waals surface area contributed by atoms with Crippen LogP contribution >= 0.6 is 0 Å². The Kier molecular flexibility index (Phi) is 6.76. The molecule has 31 heavy (non-hydrogen) atoms. The second kappa shape index (κ2) is 9.31. The first-order valence-corrected chi connectivity index (χ1v) is 11.0. The molecule has 1 N–H and O–H groups in total. The Morgan fingerprint density at radius 1 is 1.13 bits per heavy atom. The molecule has 0 radical (unpaired) electrons. The predicted molar refractivity (Wildman–Crippen MR) is 109 cm³/mol. The van der Waals surface area contributed by atoms with E-state index in [1.807, 2.05) is 0 Å². The van der Waals surface area contributed by atoms with Crippen LogP contribution < -0.4 is 10.1 Å². The predicted octanol–water partition coefficient (Wildman–Crippen LogP) is 0.932. The molecular formula is C20H23N3O7S. The average molecular weight is 449 g/mol. The molecule has 0 unspecified atom stereocenters. The van der Waals surface area contributed by atoms with Gasteiger partial charge in [0.15, 0.2) is 6.61 Å². The molecule has 0 aliphatic carbocycles. The summed E-state index contributed by atoms with van der Waals surface area (Å²) >= 11 is 0. The lowest BCUT2D eigenvalue weighted by Crippen LogP contribution is -2.35. The van der Waals surface area contributed by atoms with E-state index in [-0.39, 0.29) is 21.9 Å². The molecule has 2 amide bonds. The number of nitrogens with zero attached hydrogens (tertiary/aromatic N) is 2.